The number of hydrogen-bond acceptors (Lipinski definition) is 3. The molecule has 2 atom stereocenters. The van der Waals surface area contributed by atoms with Crippen molar-refractivity contribution < 1.29 is 9.53 Å². The fourth-order valence-electron chi connectivity index (χ4n) is 3.75. The second-order valence-electron chi connectivity index (χ2n) is 8.25. The normalized spacial score (nSPS) is 21.2. The van der Waals surface area contributed by atoms with Crippen molar-refractivity contribution in [2.24, 2.45) is 0 Å². The molecule has 0 saturated carbocycles. The number of nitrogens with one attached hydrogen (secondary N) is 1. The molecule has 0 spiro atoms. The molecule has 0 bridgehead atoms. The van der Waals surface area contributed by atoms with E-state index in [0.29, 0.717) is 18.7 Å². The van der Waals surface area contributed by atoms with E-state index in [1.165, 1.54) is 0 Å². The van der Waals surface area contributed by atoms with Gasteiger partial charge >= 0.3 is 6.03 Å². The third-order valence-corrected chi connectivity index (χ3v) is 5.44. The van der Waals surface area contributed by atoms with Gasteiger partial charge in [-0.1, -0.05) is 30.4 Å². The van der Waals surface area contributed by atoms with Gasteiger partial charge in [-0.2, -0.15) is 0 Å². The van der Waals surface area contributed by atoms with Crippen LogP contribution in [0.3, 0.4) is 0 Å². The molecule has 5 nitrogen and oxygen atoms in total. The van der Waals surface area contributed by atoms with Crippen molar-refractivity contribution in [3.63, 3.8) is 0 Å². The summed E-state index contributed by atoms with van der Waals surface area (Å²) in [6.45, 7) is 17.5. The molecule has 1 aliphatic rings. The number of piperazine rings is 1. The van der Waals surface area contributed by atoms with E-state index in [1.54, 1.807) is 7.11 Å². The van der Waals surface area contributed by atoms with Crippen LogP contribution < -0.4 is 5.32 Å². The topological polar surface area (TPSA) is 44.8 Å². The first kappa shape index (κ1) is 21.5. The van der Waals surface area contributed by atoms with Gasteiger partial charge in [0, 0.05) is 38.8 Å². The van der Waals surface area contributed by atoms with Crippen molar-refractivity contribution in [3.8, 4) is 0 Å². The average Bonchev–Trinajstić information content (AvgIpc) is 2.60. The minimum Gasteiger partial charge on any atom is -0.383 e. The molecule has 2 unspecified atom stereocenters. The van der Waals surface area contributed by atoms with E-state index in [2.05, 4.69) is 42.8 Å². The summed E-state index contributed by atoms with van der Waals surface area (Å²) < 4.78 is 5.22. The SMILES string of the molecule is C=C(C)c1cccc(C(C)(C)NC(=O)N2CC(C)N(CCOC)C(C)C2)c1. The first-order valence-corrected chi connectivity index (χ1v) is 9.74. The number of carbonyl (C=O) groups is 1. The number of nitrogens with zero attached hydrogens (tertiary/aromatic N) is 2. The van der Waals surface area contributed by atoms with Gasteiger partial charge in [0.15, 0.2) is 0 Å². The van der Waals surface area contributed by atoms with Crippen LogP contribution in [0.1, 0.15) is 45.7 Å². The minimum absolute atomic E-state index is 0.00850. The predicted octanol–water partition coefficient (Wildman–Crippen LogP) is 3.71. The van der Waals surface area contributed by atoms with Crippen molar-refractivity contribution in [1.82, 2.24) is 15.1 Å². The Morgan fingerprint density at radius 3 is 2.48 bits per heavy atom. The number of rotatable bonds is 6. The molecule has 0 aliphatic carbocycles. The molecular formula is C22H35N3O2. The Kier molecular flexibility index (Phi) is 7.06. The van der Waals surface area contributed by atoms with Crippen LogP contribution in [-0.4, -0.2) is 61.3 Å². The molecule has 0 radical (unpaired) electrons. The van der Waals surface area contributed by atoms with E-state index in [9.17, 15) is 4.79 Å². The van der Waals surface area contributed by atoms with Crippen LogP contribution in [0, 0.1) is 0 Å². The van der Waals surface area contributed by atoms with Gasteiger partial charge in [-0.3, -0.25) is 4.90 Å². The van der Waals surface area contributed by atoms with Crippen molar-refractivity contribution in [2.45, 2.75) is 52.2 Å². The number of hydrogen-bond donors (Lipinski definition) is 1. The zero-order valence-corrected chi connectivity index (χ0v) is 17.7. The lowest BCUT2D eigenvalue weighted by atomic mass is 9.91. The Labute approximate surface area is 164 Å². The minimum atomic E-state index is -0.456. The molecular weight excluding hydrogens is 338 g/mol. The lowest BCUT2D eigenvalue weighted by molar-refractivity contribution is 0.0335. The Morgan fingerprint density at radius 2 is 1.93 bits per heavy atom. The fraction of sp³-hybridized carbons (Fsp3) is 0.591. The molecule has 150 valence electrons. The van der Waals surface area contributed by atoms with Crippen molar-refractivity contribution in [1.29, 1.82) is 0 Å². The first-order chi connectivity index (χ1) is 12.7. The van der Waals surface area contributed by atoms with Gasteiger partial charge in [-0.15, -0.1) is 0 Å². The monoisotopic (exact) mass is 373 g/mol. The fourth-order valence-corrected chi connectivity index (χ4v) is 3.75. The summed E-state index contributed by atoms with van der Waals surface area (Å²) >= 11 is 0. The van der Waals surface area contributed by atoms with E-state index in [4.69, 9.17) is 4.74 Å². The quantitative estimate of drug-likeness (QED) is 0.827. The first-order valence-electron chi connectivity index (χ1n) is 9.74. The number of carbonyl (C=O) groups excluding carboxylic acids is 1. The smallest absolute Gasteiger partial charge is 0.318 e. The van der Waals surface area contributed by atoms with Crippen LogP contribution in [0.2, 0.25) is 0 Å². The van der Waals surface area contributed by atoms with Crippen LogP contribution >= 0.6 is 0 Å². The molecule has 1 aliphatic heterocycles. The third kappa shape index (κ3) is 5.33. The van der Waals surface area contributed by atoms with Crippen LogP contribution in [0.25, 0.3) is 5.57 Å². The second-order valence-corrected chi connectivity index (χ2v) is 8.25. The maximum Gasteiger partial charge on any atom is 0.318 e. The van der Waals surface area contributed by atoms with Crippen LogP contribution in [0.4, 0.5) is 4.79 Å². The van der Waals surface area contributed by atoms with Gasteiger partial charge in [0.05, 0.1) is 12.1 Å². The van der Waals surface area contributed by atoms with Crippen molar-refractivity contribution in [3.05, 3.63) is 42.0 Å². The molecule has 1 fully saturated rings. The van der Waals surface area contributed by atoms with E-state index in [1.807, 2.05) is 37.8 Å². The summed E-state index contributed by atoms with van der Waals surface area (Å²) in [7, 11) is 1.73. The van der Waals surface area contributed by atoms with Gasteiger partial charge < -0.3 is 15.0 Å². The van der Waals surface area contributed by atoms with Crippen LogP contribution in [-0.2, 0) is 10.3 Å². The third-order valence-electron chi connectivity index (χ3n) is 5.44. The Hall–Kier alpha value is -1.85. The molecule has 1 saturated heterocycles. The van der Waals surface area contributed by atoms with Crippen molar-refractivity contribution in [2.75, 3.05) is 33.4 Å². The summed E-state index contributed by atoms with van der Waals surface area (Å²) in [5, 5.41) is 3.22. The Bertz CT molecular complexity index is 659. The number of amides is 2. The summed E-state index contributed by atoms with van der Waals surface area (Å²) in [6.07, 6.45) is 0. The second kappa shape index (κ2) is 8.89. The highest BCUT2D eigenvalue weighted by atomic mass is 16.5. The van der Waals surface area contributed by atoms with Crippen LogP contribution in [0.5, 0.6) is 0 Å². The van der Waals surface area contributed by atoms with E-state index in [-0.39, 0.29) is 6.03 Å². The molecule has 1 N–H and O–H groups in total. The summed E-state index contributed by atoms with van der Waals surface area (Å²) in [4.78, 5) is 17.3. The molecule has 5 heteroatoms. The maximum atomic E-state index is 13.0. The summed E-state index contributed by atoms with van der Waals surface area (Å²) in [5.74, 6) is 0. The molecule has 1 heterocycles. The van der Waals surface area contributed by atoms with E-state index < -0.39 is 5.54 Å². The van der Waals surface area contributed by atoms with Gasteiger partial charge in [0.2, 0.25) is 0 Å². The number of allylic oxidation sites excluding steroid dienone is 1. The highest BCUT2D eigenvalue weighted by Crippen LogP contribution is 2.24. The number of methoxy groups -OCH3 is 1. The number of benzene rings is 1. The zero-order valence-electron chi connectivity index (χ0n) is 17.7. The lowest BCUT2D eigenvalue weighted by Crippen LogP contribution is -2.61. The lowest BCUT2D eigenvalue weighted by Gasteiger charge is -2.45. The van der Waals surface area contributed by atoms with Crippen LogP contribution in [0.15, 0.2) is 30.8 Å². The van der Waals surface area contributed by atoms with Gasteiger partial charge in [-0.05, 0) is 51.8 Å². The number of ether oxygens (including phenoxy) is 1. The van der Waals surface area contributed by atoms with E-state index >= 15 is 0 Å². The molecule has 2 rings (SSSR count). The Balaban J connectivity index is 2.06. The highest BCUT2D eigenvalue weighted by Gasteiger charge is 2.33. The van der Waals surface area contributed by atoms with Gasteiger partial charge in [0.25, 0.3) is 0 Å². The maximum absolute atomic E-state index is 13.0. The largest absolute Gasteiger partial charge is 0.383 e. The Morgan fingerprint density at radius 1 is 1.30 bits per heavy atom. The molecule has 1 aromatic rings. The average molecular weight is 374 g/mol. The summed E-state index contributed by atoms with van der Waals surface area (Å²) in [6, 6.07) is 8.84. The molecule has 27 heavy (non-hydrogen) atoms. The standard InChI is InChI=1S/C22H35N3O2/c1-16(2)19-9-8-10-20(13-19)22(5,6)23-21(26)24-14-17(3)25(11-12-27-7)18(4)15-24/h8-10,13,17-18H,1,11-12,14-15H2,2-7H3,(H,23,26). The number of urea groups is 1. The summed E-state index contributed by atoms with van der Waals surface area (Å²) in [5.41, 5.74) is 2.75. The van der Waals surface area contributed by atoms with Gasteiger partial charge in [0.1, 0.15) is 0 Å². The highest BCUT2D eigenvalue weighted by molar-refractivity contribution is 5.75. The van der Waals surface area contributed by atoms with Crippen molar-refractivity contribution >= 4 is 11.6 Å². The molecule has 2 amide bonds. The predicted molar refractivity (Wildman–Crippen MR) is 112 cm³/mol. The van der Waals surface area contributed by atoms with Gasteiger partial charge in [-0.25, -0.2) is 4.79 Å². The molecule has 0 aromatic heterocycles. The zero-order chi connectivity index (χ0) is 20.2. The molecule has 1 aromatic carbocycles. The van der Waals surface area contributed by atoms with E-state index in [0.717, 1.165) is 36.3 Å².